The van der Waals surface area contributed by atoms with Crippen molar-refractivity contribution in [1.29, 1.82) is 0 Å². The van der Waals surface area contributed by atoms with Crippen LogP contribution in [0.15, 0.2) is 23.0 Å². The van der Waals surface area contributed by atoms with Crippen molar-refractivity contribution in [3.8, 4) is 0 Å². The lowest BCUT2D eigenvalue weighted by molar-refractivity contribution is 0.0521. The number of hydrogen-bond donors (Lipinski definition) is 0. The van der Waals surface area contributed by atoms with Gasteiger partial charge in [0, 0.05) is 5.39 Å². The second-order valence-electron chi connectivity index (χ2n) is 6.47. The summed E-state index contributed by atoms with van der Waals surface area (Å²) in [6, 6.07) is 5.56. The molecule has 2 aromatic rings. The molecule has 0 N–H and O–H groups in total. The van der Waals surface area contributed by atoms with E-state index in [1.54, 1.807) is 19.9 Å². The summed E-state index contributed by atoms with van der Waals surface area (Å²) < 4.78 is 6.30. The number of ether oxygens (including phenoxy) is 1. The van der Waals surface area contributed by atoms with Gasteiger partial charge in [-0.2, -0.15) is 0 Å². The van der Waals surface area contributed by atoms with Crippen molar-refractivity contribution in [3.05, 3.63) is 45.4 Å². The van der Waals surface area contributed by atoms with Gasteiger partial charge in [0.2, 0.25) is 0 Å². The Kier molecular flexibility index (Phi) is 4.50. The number of nitrogens with zero attached hydrogens (tertiary/aromatic N) is 1. The van der Waals surface area contributed by atoms with E-state index in [2.05, 4.69) is 20.8 Å². The van der Waals surface area contributed by atoms with Gasteiger partial charge >= 0.3 is 5.97 Å². The summed E-state index contributed by atoms with van der Waals surface area (Å²) in [6.07, 6.45) is 0. The number of carbonyl (C=O) groups is 1. The number of esters is 1. The van der Waals surface area contributed by atoms with Gasteiger partial charge in [0.1, 0.15) is 7.11 Å². The zero-order chi connectivity index (χ0) is 17.4. The van der Waals surface area contributed by atoms with Gasteiger partial charge in [0.25, 0.3) is 5.56 Å². The zero-order valence-corrected chi connectivity index (χ0v) is 14.5. The average molecular weight is 317 g/mol. The second kappa shape index (κ2) is 6.07. The summed E-state index contributed by atoms with van der Waals surface area (Å²) >= 11 is 0. The lowest BCUT2D eigenvalue weighted by Crippen LogP contribution is -2.30. The van der Waals surface area contributed by atoms with Crippen molar-refractivity contribution in [2.45, 2.75) is 40.0 Å². The highest BCUT2D eigenvalue weighted by molar-refractivity contribution is 6.05. The lowest BCUT2D eigenvalue weighted by Gasteiger charge is -2.21. The van der Waals surface area contributed by atoms with E-state index in [0.717, 1.165) is 10.3 Å². The van der Waals surface area contributed by atoms with E-state index in [4.69, 9.17) is 9.57 Å². The van der Waals surface area contributed by atoms with Crippen LogP contribution in [0, 0.1) is 6.92 Å². The van der Waals surface area contributed by atoms with Crippen LogP contribution in [0.1, 0.15) is 49.3 Å². The molecule has 5 heteroatoms. The summed E-state index contributed by atoms with van der Waals surface area (Å²) in [7, 11) is 1.40. The van der Waals surface area contributed by atoms with Crippen molar-refractivity contribution in [1.82, 2.24) is 4.73 Å². The number of hydrogen-bond acceptors (Lipinski definition) is 4. The number of carbonyl (C=O) groups excluding carboxylic acids is 1. The molecule has 0 bridgehead atoms. The molecule has 1 aromatic carbocycles. The molecule has 0 unspecified atom stereocenters. The summed E-state index contributed by atoms with van der Waals surface area (Å²) in [5.74, 6) is -0.452. The van der Waals surface area contributed by atoms with Crippen LogP contribution in [0.3, 0.4) is 0 Å². The van der Waals surface area contributed by atoms with E-state index in [0.29, 0.717) is 22.0 Å². The van der Waals surface area contributed by atoms with Crippen molar-refractivity contribution in [2.75, 3.05) is 13.7 Å². The molecule has 0 fully saturated rings. The Balaban J connectivity index is 2.93. The second-order valence-corrected chi connectivity index (χ2v) is 6.47. The Morgan fingerprint density at radius 3 is 2.39 bits per heavy atom. The van der Waals surface area contributed by atoms with Crippen molar-refractivity contribution >= 4 is 16.7 Å². The molecule has 0 radical (unpaired) electrons. The maximum absolute atomic E-state index is 12.6. The van der Waals surface area contributed by atoms with Crippen molar-refractivity contribution < 1.29 is 14.4 Å². The van der Waals surface area contributed by atoms with Crippen LogP contribution < -0.4 is 10.4 Å². The number of rotatable bonds is 3. The molecule has 0 saturated heterocycles. The Morgan fingerprint density at radius 1 is 1.22 bits per heavy atom. The molecule has 2 rings (SSSR count). The summed E-state index contributed by atoms with van der Waals surface area (Å²) in [6.45, 7) is 9.96. The zero-order valence-electron chi connectivity index (χ0n) is 14.5. The van der Waals surface area contributed by atoms with Gasteiger partial charge in [0.05, 0.1) is 23.3 Å². The molecule has 0 aliphatic heterocycles. The summed E-state index contributed by atoms with van der Waals surface area (Å²) in [4.78, 5) is 30.1. The van der Waals surface area contributed by atoms with E-state index in [-0.39, 0.29) is 17.6 Å². The molecule has 23 heavy (non-hydrogen) atoms. The van der Waals surface area contributed by atoms with Crippen LogP contribution in [0.5, 0.6) is 0 Å². The minimum Gasteiger partial charge on any atom is -0.462 e. The Labute approximate surface area is 135 Å². The van der Waals surface area contributed by atoms with Crippen LogP contribution in [0.25, 0.3) is 10.8 Å². The normalized spacial score (nSPS) is 11.6. The third kappa shape index (κ3) is 2.96. The van der Waals surface area contributed by atoms with Gasteiger partial charge in [-0.15, -0.1) is 4.73 Å². The van der Waals surface area contributed by atoms with Gasteiger partial charge in [-0.05, 0) is 37.0 Å². The molecule has 0 atom stereocenters. The Morgan fingerprint density at radius 2 is 1.87 bits per heavy atom. The molecule has 1 heterocycles. The average Bonchev–Trinajstić information content (AvgIpc) is 2.46. The molecular formula is C18H23NO4. The minimum absolute atomic E-state index is 0.0931. The first-order valence-corrected chi connectivity index (χ1v) is 7.63. The number of fused-ring (bicyclic) bond motifs is 1. The molecule has 0 amide bonds. The predicted molar refractivity (Wildman–Crippen MR) is 90.1 cm³/mol. The number of benzene rings is 1. The Bertz CT molecular complexity index is 812. The first kappa shape index (κ1) is 17.1. The van der Waals surface area contributed by atoms with Crippen LogP contribution in [-0.2, 0) is 10.2 Å². The van der Waals surface area contributed by atoms with E-state index in [1.165, 1.54) is 7.11 Å². The van der Waals surface area contributed by atoms with Crippen LogP contribution in [0.4, 0.5) is 0 Å². The first-order chi connectivity index (χ1) is 10.7. The first-order valence-electron chi connectivity index (χ1n) is 7.63. The summed E-state index contributed by atoms with van der Waals surface area (Å²) in [5, 5.41) is 1.04. The number of aromatic nitrogens is 1. The fourth-order valence-electron chi connectivity index (χ4n) is 2.64. The van der Waals surface area contributed by atoms with Gasteiger partial charge in [-0.1, -0.05) is 26.8 Å². The highest BCUT2D eigenvalue weighted by Crippen LogP contribution is 2.28. The third-order valence-electron chi connectivity index (χ3n) is 3.90. The molecule has 0 spiro atoms. The molecule has 0 aliphatic rings. The molecular weight excluding hydrogens is 294 g/mol. The van der Waals surface area contributed by atoms with Crippen molar-refractivity contribution in [2.24, 2.45) is 0 Å². The van der Waals surface area contributed by atoms with E-state index < -0.39 is 5.97 Å². The Hall–Kier alpha value is -2.30. The highest BCUT2D eigenvalue weighted by Gasteiger charge is 2.23. The quantitative estimate of drug-likeness (QED) is 0.817. The monoisotopic (exact) mass is 317 g/mol. The minimum atomic E-state index is -0.452. The lowest BCUT2D eigenvalue weighted by atomic mass is 9.85. The fourth-order valence-corrected chi connectivity index (χ4v) is 2.64. The van der Waals surface area contributed by atoms with Gasteiger partial charge in [-0.3, -0.25) is 4.79 Å². The molecule has 124 valence electrons. The SMILES string of the molecule is CCOC(=O)c1c(C)n(OC)c(=O)c2ccc(C(C)(C)C)cc12. The van der Waals surface area contributed by atoms with Crippen LogP contribution in [0.2, 0.25) is 0 Å². The smallest absolute Gasteiger partial charge is 0.340 e. The highest BCUT2D eigenvalue weighted by atomic mass is 16.6. The van der Waals surface area contributed by atoms with Gasteiger partial charge < -0.3 is 9.57 Å². The van der Waals surface area contributed by atoms with Crippen LogP contribution in [-0.4, -0.2) is 24.4 Å². The fraction of sp³-hybridized carbons (Fsp3) is 0.444. The van der Waals surface area contributed by atoms with E-state index in [9.17, 15) is 9.59 Å². The largest absolute Gasteiger partial charge is 0.462 e. The maximum atomic E-state index is 12.6. The predicted octanol–water partition coefficient (Wildman–Crippen LogP) is 2.84. The van der Waals surface area contributed by atoms with Gasteiger partial charge in [-0.25, -0.2) is 4.79 Å². The van der Waals surface area contributed by atoms with Crippen LogP contribution >= 0.6 is 0 Å². The molecule has 1 aromatic heterocycles. The van der Waals surface area contributed by atoms with Crippen molar-refractivity contribution in [3.63, 3.8) is 0 Å². The standard InChI is InChI=1S/C18H23NO4/c1-7-23-17(21)15-11(2)19(22-6)16(20)13-9-8-12(10-14(13)15)18(3,4)5/h8-10H,7H2,1-6H3. The van der Waals surface area contributed by atoms with Gasteiger partial charge in [0.15, 0.2) is 0 Å². The third-order valence-corrected chi connectivity index (χ3v) is 3.90. The molecule has 0 aliphatic carbocycles. The van der Waals surface area contributed by atoms with E-state index in [1.807, 2.05) is 12.1 Å². The van der Waals surface area contributed by atoms with E-state index >= 15 is 0 Å². The topological polar surface area (TPSA) is 57.5 Å². The molecule has 5 nitrogen and oxygen atoms in total. The summed E-state index contributed by atoms with van der Waals surface area (Å²) in [5.41, 5.74) is 1.48. The molecule has 0 saturated carbocycles. The maximum Gasteiger partial charge on any atom is 0.340 e. The number of pyridine rings is 1.